The highest BCUT2D eigenvalue weighted by Crippen LogP contribution is 2.46. The van der Waals surface area contributed by atoms with E-state index in [-0.39, 0.29) is 11.7 Å². The number of aromatic nitrogens is 3. The second kappa shape index (κ2) is 9.10. The van der Waals surface area contributed by atoms with Crippen LogP contribution in [-0.4, -0.2) is 37.7 Å². The lowest BCUT2D eigenvalue weighted by molar-refractivity contribution is 0.0730. The topological polar surface area (TPSA) is 91.3 Å². The first-order valence-electron chi connectivity index (χ1n) is 11.4. The van der Waals surface area contributed by atoms with Gasteiger partial charge in [-0.25, -0.2) is 0 Å². The predicted octanol–water partition coefficient (Wildman–Crippen LogP) is 5.10. The second-order valence-electron chi connectivity index (χ2n) is 8.70. The standard InChI is InChI=1S/C28H26N4O3/c1-4-12-35-21-9-7-20(8-10-21)26-23-24(22-14-17(2)13-18(3)27(22)33)30-31-25(23)28(34)32(26)16-19-6-5-11-29-15-19/h4-11,13-15,26,33H,1,12,16H2,2-3H3,(H,30,31). The molecule has 4 aromatic rings. The molecule has 0 saturated heterocycles. The number of carbonyl (C=O) groups is 1. The summed E-state index contributed by atoms with van der Waals surface area (Å²) in [4.78, 5) is 19.6. The Bertz CT molecular complexity index is 1390. The third kappa shape index (κ3) is 4.05. The normalized spacial score (nSPS) is 14.7. The van der Waals surface area contributed by atoms with E-state index in [1.165, 1.54) is 0 Å². The first kappa shape index (κ1) is 22.4. The summed E-state index contributed by atoms with van der Waals surface area (Å²) in [6.07, 6.45) is 5.17. The average Bonchev–Trinajstić information content (AvgIpc) is 3.40. The lowest BCUT2D eigenvalue weighted by atomic mass is 9.94. The van der Waals surface area contributed by atoms with Gasteiger partial charge in [0.15, 0.2) is 0 Å². The number of rotatable bonds is 7. The van der Waals surface area contributed by atoms with Crippen LogP contribution in [0.3, 0.4) is 0 Å². The van der Waals surface area contributed by atoms with Gasteiger partial charge in [0.25, 0.3) is 5.91 Å². The van der Waals surface area contributed by atoms with Crippen molar-refractivity contribution in [2.75, 3.05) is 6.61 Å². The van der Waals surface area contributed by atoms with Crippen molar-refractivity contribution in [1.82, 2.24) is 20.1 Å². The number of hydrogen-bond acceptors (Lipinski definition) is 5. The van der Waals surface area contributed by atoms with Gasteiger partial charge >= 0.3 is 0 Å². The minimum atomic E-state index is -0.403. The number of phenolic OH excluding ortho intramolecular Hbond substituents is 1. The Balaban J connectivity index is 1.64. The number of carbonyl (C=O) groups excluding carboxylic acids is 1. The highest BCUT2D eigenvalue weighted by molar-refractivity contribution is 6.00. The monoisotopic (exact) mass is 466 g/mol. The van der Waals surface area contributed by atoms with E-state index < -0.39 is 6.04 Å². The van der Waals surface area contributed by atoms with Crippen LogP contribution in [0.4, 0.5) is 0 Å². The molecule has 1 aliphatic rings. The minimum absolute atomic E-state index is 0.150. The number of aryl methyl sites for hydroxylation is 2. The Morgan fingerprint density at radius 2 is 2.00 bits per heavy atom. The van der Waals surface area contributed by atoms with Gasteiger partial charge in [0.2, 0.25) is 0 Å². The predicted molar refractivity (Wildman–Crippen MR) is 133 cm³/mol. The molecule has 0 fully saturated rings. The molecule has 2 N–H and O–H groups in total. The summed E-state index contributed by atoms with van der Waals surface area (Å²) in [6.45, 7) is 8.31. The van der Waals surface area contributed by atoms with E-state index in [0.29, 0.717) is 30.1 Å². The maximum atomic E-state index is 13.6. The van der Waals surface area contributed by atoms with E-state index in [4.69, 9.17) is 4.74 Å². The Hall–Kier alpha value is -4.39. The van der Waals surface area contributed by atoms with Gasteiger partial charge in [-0.05, 0) is 60.4 Å². The number of benzene rings is 2. The Kier molecular flexibility index (Phi) is 5.82. The number of nitrogens with zero attached hydrogens (tertiary/aromatic N) is 3. The zero-order valence-corrected chi connectivity index (χ0v) is 19.7. The fourth-order valence-electron chi connectivity index (χ4n) is 4.64. The van der Waals surface area contributed by atoms with Crippen LogP contribution < -0.4 is 4.74 Å². The highest BCUT2D eigenvalue weighted by atomic mass is 16.5. The van der Waals surface area contributed by atoms with Gasteiger partial charge in [-0.1, -0.05) is 36.9 Å². The smallest absolute Gasteiger partial charge is 0.273 e. The number of aromatic hydroxyl groups is 1. The van der Waals surface area contributed by atoms with E-state index in [1.54, 1.807) is 18.5 Å². The molecule has 1 aliphatic heterocycles. The Morgan fingerprint density at radius 3 is 2.71 bits per heavy atom. The molecular weight excluding hydrogens is 440 g/mol. The van der Waals surface area contributed by atoms with Crippen LogP contribution in [0.15, 0.2) is 73.6 Å². The minimum Gasteiger partial charge on any atom is -0.507 e. The Labute approximate surface area is 203 Å². The number of fused-ring (bicyclic) bond motifs is 1. The summed E-state index contributed by atoms with van der Waals surface area (Å²) in [5.74, 6) is 0.731. The maximum Gasteiger partial charge on any atom is 0.273 e. The van der Waals surface area contributed by atoms with Crippen molar-refractivity contribution >= 4 is 5.91 Å². The van der Waals surface area contributed by atoms with Crippen molar-refractivity contribution in [3.05, 3.63) is 107 Å². The molecule has 1 atom stereocenters. The Morgan fingerprint density at radius 1 is 1.20 bits per heavy atom. The molecule has 1 amide bonds. The van der Waals surface area contributed by atoms with Crippen molar-refractivity contribution in [2.45, 2.75) is 26.4 Å². The van der Waals surface area contributed by atoms with Crippen molar-refractivity contribution in [3.8, 4) is 22.8 Å². The lowest BCUT2D eigenvalue weighted by Gasteiger charge is -2.26. The third-order valence-corrected chi connectivity index (χ3v) is 6.20. The van der Waals surface area contributed by atoms with Crippen molar-refractivity contribution in [3.63, 3.8) is 0 Å². The largest absolute Gasteiger partial charge is 0.507 e. The molecule has 176 valence electrons. The zero-order valence-electron chi connectivity index (χ0n) is 19.7. The summed E-state index contributed by atoms with van der Waals surface area (Å²) in [6, 6.07) is 14.9. The van der Waals surface area contributed by atoms with Crippen LogP contribution in [0.25, 0.3) is 11.3 Å². The molecule has 0 radical (unpaired) electrons. The van der Waals surface area contributed by atoms with Gasteiger partial charge in [0.05, 0.1) is 6.04 Å². The van der Waals surface area contributed by atoms with Gasteiger partial charge in [-0.15, -0.1) is 0 Å². The molecule has 7 heteroatoms. The molecule has 3 heterocycles. The quantitative estimate of drug-likeness (QED) is 0.370. The molecule has 35 heavy (non-hydrogen) atoms. The lowest BCUT2D eigenvalue weighted by Crippen LogP contribution is -2.29. The van der Waals surface area contributed by atoms with E-state index >= 15 is 0 Å². The molecule has 0 saturated carbocycles. The molecule has 5 rings (SSSR count). The maximum absolute atomic E-state index is 13.6. The summed E-state index contributed by atoms with van der Waals surface area (Å²) in [5.41, 5.74) is 5.95. The molecule has 0 spiro atoms. The van der Waals surface area contributed by atoms with Gasteiger partial charge in [-0.3, -0.25) is 14.9 Å². The molecule has 7 nitrogen and oxygen atoms in total. The number of amides is 1. The van der Waals surface area contributed by atoms with E-state index in [1.807, 2.05) is 67.3 Å². The number of aromatic amines is 1. The molecular formula is C28H26N4O3. The zero-order chi connectivity index (χ0) is 24.5. The van der Waals surface area contributed by atoms with Crippen LogP contribution in [0, 0.1) is 13.8 Å². The number of nitrogens with one attached hydrogen (secondary N) is 1. The number of ether oxygens (including phenoxy) is 1. The van der Waals surface area contributed by atoms with Crippen molar-refractivity contribution in [2.24, 2.45) is 0 Å². The van der Waals surface area contributed by atoms with E-state index in [2.05, 4.69) is 21.8 Å². The van der Waals surface area contributed by atoms with Gasteiger partial charge in [0.1, 0.15) is 29.5 Å². The van der Waals surface area contributed by atoms with Crippen LogP contribution in [-0.2, 0) is 6.54 Å². The van der Waals surface area contributed by atoms with Crippen molar-refractivity contribution < 1.29 is 14.6 Å². The van der Waals surface area contributed by atoms with Crippen LogP contribution in [0.5, 0.6) is 11.5 Å². The SMILES string of the molecule is C=CCOc1ccc(C2c3c(-c4cc(C)cc(C)c4O)n[nH]c3C(=O)N2Cc2cccnc2)cc1. The fraction of sp³-hybridized carbons (Fsp3) is 0.179. The van der Waals surface area contributed by atoms with Gasteiger partial charge in [-0.2, -0.15) is 5.10 Å². The highest BCUT2D eigenvalue weighted by Gasteiger charge is 2.42. The average molecular weight is 467 g/mol. The van der Waals surface area contributed by atoms with Gasteiger partial charge < -0.3 is 14.7 Å². The van der Waals surface area contributed by atoms with Crippen LogP contribution >= 0.6 is 0 Å². The first-order chi connectivity index (χ1) is 17.0. The van der Waals surface area contributed by atoms with Crippen LogP contribution in [0.2, 0.25) is 0 Å². The molecule has 0 bridgehead atoms. The summed E-state index contributed by atoms with van der Waals surface area (Å²) in [7, 11) is 0. The van der Waals surface area contributed by atoms with E-state index in [9.17, 15) is 9.90 Å². The first-order valence-corrected chi connectivity index (χ1v) is 11.4. The summed E-state index contributed by atoms with van der Waals surface area (Å²) in [5, 5.41) is 18.3. The fourth-order valence-corrected chi connectivity index (χ4v) is 4.64. The van der Waals surface area contributed by atoms with E-state index in [0.717, 1.165) is 33.6 Å². The second-order valence-corrected chi connectivity index (χ2v) is 8.70. The number of phenols is 1. The molecule has 0 aliphatic carbocycles. The number of H-pyrrole nitrogens is 1. The number of hydrogen-bond donors (Lipinski definition) is 2. The molecule has 2 aromatic carbocycles. The molecule has 1 unspecified atom stereocenters. The third-order valence-electron chi connectivity index (χ3n) is 6.20. The summed E-state index contributed by atoms with van der Waals surface area (Å²) >= 11 is 0. The van der Waals surface area contributed by atoms with Crippen LogP contribution in [0.1, 0.15) is 44.3 Å². The van der Waals surface area contributed by atoms with Crippen molar-refractivity contribution in [1.29, 1.82) is 0 Å². The summed E-state index contributed by atoms with van der Waals surface area (Å²) < 4.78 is 5.65. The number of pyridine rings is 1. The molecule has 2 aromatic heterocycles. The van der Waals surface area contributed by atoms with Gasteiger partial charge in [0, 0.05) is 30.1 Å².